The molecule has 0 aliphatic heterocycles. The fourth-order valence-corrected chi connectivity index (χ4v) is 1.77. The first kappa shape index (κ1) is 12.6. The molecule has 1 aromatic carbocycles. The summed E-state index contributed by atoms with van der Waals surface area (Å²) in [7, 11) is 0. The van der Waals surface area contributed by atoms with E-state index in [1.807, 2.05) is 0 Å². The second-order valence-electron chi connectivity index (χ2n) is 3.51. The second-order valence-corrected chi connectivity index (χ2v) is 4.42. The van der Waals surface area contributed by atoms with Crippen LogP contribution in [0.1, 0.15) is 16.1 Å². The van der Waals surface area contributed by atoms with E-state index in [4.69, 9.17) is 0 Å². The molecular formula is C12H9BrFN3O. The standard InChI is InChI=1S/C12H9BrFN3O/c13-9-1-2-10(14)8(5-9)6-17-12(18)11-7-15-3-4-16-11/h1-5,7H,6H2,(H,17,18). The van der Waals surface area contributed by atoms with E-state index in [9.17, 15) is 9.18 Å². The van der Waals surface area contributed by atoms with Gasteiger partial charge in [-0.25, -0.2) is 9.37 Å². The van der Waals surface area contributed by atoms with E-state index in [2.05, 4.69) is 31.2 Å². The van der Waals surface area contributed by atoms with Gasteiger partial charge in [0.1, 0.15) is 11.5 Å². The third-order valence-corrected chi connectivity index (χ3v) is 2.74. The highest BCUT2D eigenvalue weighted by Gasteiger charge is 2.08. The number of halogens is 2. The number of rotatable bonds is 3. The lowest BCUT2D eigenvalue weighted by Gasteiger charge is -2.06. The Morgan fingerprint density at radius 1 is 1.39 bits per heavy atom. The van der Waals surface area contributed by atoms with Crippen molar-refractivity contribution in [1.82, 2.24) is 15.3 Å². The van der Waals surface area contributed by atoms with Gasteiger partial charge in [0.05, 0.1) is 6.20 Å². The maximum Gasteiger partial charge on any atom is 0.271 e. The van der Waals surface area contributed by atoms with E-state index < -0.39 is 0 Å². The van der Waals surface area contributed by atoms with Crippen LogP contribution in [0.4, 0.5) is 4.39 Å². The summed E-state index contributed by atoms with van der Waals surface area (Å²) >= 11 is 3.25. The molecule has 0 unspecified atom stereocenters. The number of amides is 1. The van der Waals surface area contributed by atoms with Crippen molar-refractivity contribution in [1.29, 1.82) is 0 Å². The van der Waals surface area contributed by atoms with Gasteiger partial charge in [0, 0.05) is 29.0 Å². The van der Waals surface area contributed by atoms with Gasteiger partial charge in [0.2, 0.25) is 0 Å². The van der Waals surface area contributed by atoms with Gasteiger partial charge in [-0.15, -0.1) is 0 Å². The summed E-state index contributed by atoms with van der Waals surface area (Å²) in [5, 5.41) is 2.58. The summed E-state index contributed by atoms with van der Waals surface area (Å²) in [6, 6.07) is 4.56. The summed E-state index contributed by atoms with van der Waals surface area (Å²) in [4.78, 5) is 19.3. The maximum absolute atomic E-state index is 13.4. The molecule has 0 fully saturated rings. The first-order valence-corrected chi connectivity index (χ1v) is 5.94. The zero-order valence-corrected chi connectivity index (χ0v) is 10.8. The minimum Gasteiger partial charge on any atom is -0.346 e. The highest BCUT2D eigenvalue weighted by atomic mass is 79.9. The van der Waals surface area contributed by atoms with Gasteiger partial charge < -0.3 is 5.32 Å². The summed E-state index contributed by atoms with van der Waals surface area (Å²) < 4.78 is 14.2. The van der Waals surface area contributed by atoms with Crippen LogP contribution in [0, 0.1) is 5.82 Å². The summed E-state index contributed by atoms with van der Waals surface area (Å²) in [6.45, 7) is 0.0979. The summed E-state index contributed by atoms with van der Waals surface area (Å²) in [5.74, 6) is -0.750. The van der Waals surface area contributed by atoms with Crippen molar-refractivity contribution >= 4 is 21.8 Å². The van der Waals surface area contributed by atoms with Gasteiger partial charge in [-0.05, 0) is 18.2 Å². The number of benzene rings is 1. The van der Waals surface area contributed by atoms with Crippen LogP contribution in [0.15, 0.2) is 41.3 Å². The molecule has 1 heterocycles. The molecule has 18 heavy (non-hydrogen) atoms. The molecule has 0 aliphatic carbocycles. The highest BCUT2D eigenvalue weighted by molar-refractivity contribution is 9.10. The Morgan fingerprint density at radius 3 is 2.94 bits per heavy atom. The Balaban J connectivity index is 2.04. The molecular weight excluding hydrogens is 301 g/mol. The second kappa shape index (κ2) is 5.68. The van der Waals surface area contributed by atoms with Crippen molar-refractivity contribution in [2.24, 2.45) is 0 Å². The van der Waals surface area contributed by atoms with E-state index in [-0.39, 0.29) is 24.0 Å². The van der Waals surface area contributed by atoms with Gasteiger partial charge >= 0.3 is 0 Å². The smallest absolute Gasteiger partial charge is 0.271 e. The minimum atomic E-state index is -0.387. The number of hydrogen-bond acceptors (Lipinski definition) is 3. The number of carbonyl (C=O) groups excluding carboxylic acids is 1. The molecule has 2 rings (SSSR count). The average Bonchev–Trinajstić information content (AvgIpc) is 2.40. The lowest BCUT2D eigenvalue weighted by Crippen LogP contribution is -2.24. The average molecular weight is 310 g/mol. The van der Waals surface area contributed by atoms with E-state index in [0.717, 1.165) is 4.47 Å². The third kappa shape index (κ3) is 3.10. The molecule has 0 radical (unpaired) electrons. The molecule has 0 atom stereocenters. The summed E-state index contributed by atoms with van der Waals surface area (Å²) in [5.41, 5.74) is 0.606. The van der Waals surface area contributed by atoms with Gasteiger partial charge in [0.15, 0.2) is 0 Å². The van der Waals surface area contributed by atoms with E-state index in [0.29, 0.717) is 5.56 Å². The van der Waals surface area contributed by atoms with Crippen LogP contribution in [0.3, 0.4) is 0 Å². The van der Waals surface area contributed by atoms with Crippen molar-refractivity contribution in [3.05, 3.63) is 58.3 Å². The van der Waals surface area contributed by atoms with Gasteiger partial charge in [-0.1, -0.05) is 15.9 Å². The van der Waals surface area contributed by atoms with Crippen LogP contribution in [0.5, 0.6) is 0 Å². The Labute approximate surface area is 111 Å². The number of nitrogens with zero attached hydrogens (tertiary/aromatic N) is 2. The van der Waals surface area contributed by atoms with Crippen molar-refractivity contribution in [2.45, 2.75) is 6.54 Å². The lowest BCUT2D eigenvalue weighted by molar-refractivity contribution is 0.0945. The third-order valence-electron chi connectivity index (χ3n) is 2.24. The van der Waals surface area contributed by atoms with Gasteiger partial charge in [-0.2, -0.15) is 0 Å². The molecule has 2 aromatic rings. The lowest BCUT2D eigenvalue weighted by atomic mass is 10.2. The number of nitrogens with one attached hydrogen (secondary N) is 1. The molecule has 92 valence electrons. The van der Waals surface area contributed by atoms with Crippen LogP contribution < -0.4 is 5.32 Å². The van der Waals surface area contributed by atoms with E-state index in [1.54, 1.807) is 12.1 Å². The van der Waals surface area contributed by atoms with Crippen LogP contribution in [-0.4, -0.2) is 15.9 Å². The zero-order chi connectivity index (χ0) is 13.0. The fraction of sp³-hybridized carbons (Fsp3) is 0.0833. The predicted octanol–water partition coefficient (Wildman–Crippen LogP) is 2.31. The molecule has 0 aliphatic rings. The van der Waals surface area contributed by atoms with Crippen LogP contribution in [-0.2, 0) is 6.54 Å². The molecule has 0 bridgehead atoms. The normalized spacial score (nSPS) is 10.1. The predicted molar refractivity (Wildman–Crippen MR) is 67.3 cm³/mol. The molecule has 0 saturated heterocycles. The Kier molecular flexibility index (Phi) is 3.99. The van der Waals surface area contributed by atoms with E-state index in [1.165, 1.54) is 24.7 Å². The highest BCUT2D eigenvalue weighted by Crippen LogP contribution is 2.15. The van der Waals surface area contributed by atoms with Crippen molar-refractivity contribution in [3.63, 3.8) is 0 Å². The maximum atomic E-state index is 13.4. The number of aromatic nitrogens is 2. The fourth-order valence-electron chi connectivity index (χ4n) is 1.36. The molecule has 0 spiro atoms. The number of hydrogen-bond donors (Lipinski definition) is 1. The first-order chi connectivity index (χ1) is 8.66. The Morgan fingerprint density at radius 2 is 2.22 bits per heavy atom. The molecule has 1 amide bonds. The largest absolute Gasteiger partial charge is 0.346 e. The van der Waals surface area contributed by atoms with E-state index >= 15 is 0 Å². The topological polar surface area (TPSA) is 54.9 Å². The molecule has 6 heteroatoms. The first-order valence-electron chi connectivity index (χ1n) is 5.15. The van der Waals surface area contributed by atoms with Crippen LogP contribution in [0.2, 0.25) is 0 Å². The zero-order valence-electron chi connectivity index (χ0n) is 9.23. The van der Waals surface area contributed by atoms with Crippen LogP contribution in [0.25, 0.3) is 0 Å². The van der Waals surface area contributed by atoms with Gasteiger partial charge in [0.25, 0.3) is 5.91 Å². The van der Waals surface area contributed by atoms with Gasteiger partial charge in [-0.3, -0.25) is 9.78 Å². The van der Waals surface area contributed by atoms with Crippen molar-refractivity contribution in [2.75, 3.05) is 0 Å². The van der Waals surface area contributed by atoms with Crippen molar-refractivity contribution in [3.8, 4) is 0 Å². The molecule has 1 N–H and O–H groups in total. The molecule has 0 saturated carbocycles. The molecule has 4 nitrogen and oxygen atoms in total. The quantitative estimate of drug-likeness (QED) is 0.946. The monoisotopic (exact) mass is 309 g/mol. The SMILES string of the molecule is O=C(NCc1cc(Br)ccc1F)c1cnccn1. The van der Waals surface area contributed by atoms with Crippen molar-refractivity contribution < 1.29 is 9.18 Å². The molecule has 1 aromatic heterocycles. The minimum absolute atomic E-state index is 0.0979. The summed E-state index contributed by atoms with van der Waals surface area (Å²) in [6.07, 6.45) is 4.26. The number of carbonyl (C=O) groups is 1. The Bertz CT molecular complexity index is 563. The van der Waals surface area contributed by atoms with Crippen LogP contribution >= 0.6 is 15.9 Å². The Hall–Kier alpha value is -1.82.